The van der Waals surface area contributed by atoms with Crippen molar-refractivity contribution < 1.29 is 25.8 Å². The molecule has 286 valence electrons. The van der Waals surface area contributed by atoms with E-state index in [9.17, 15) is 0 Å². The number of benzene rings is 6. The first-order valence-electron chi connectivity index (χ1n) is 19.1. The summed E-state index contributed by atoms with van der Waals surface area (Å²) in [7, 11) is 0. The predicted octanol–water partition coefficient (Wildman–Crippen LogP) is 13.9. The van der Waals surface area contributed by atoms with Crippen molar-refractivity contribution in [3.05, 3.63) is 164 Å². The minimum atomic E-state index is -0.138. The van der Waals surface area contributed by atoms with E-state index in [4.69, 9.17) is 9.72 Å². The van der Waals surface area contributed by atoms with Crippen molar-refractivity contribution in [1.29, 1.82) is 0 Å². The summed E-state index contributed by atoms with van der Waals surface area (Å²) in [6.07, 6.45) is 1.93. The van der Waals surface area contributed by atoms with Crippen LogP contribution in [0.3, 0.4) is 0 Å². The largest absolute Gasteiger partial charge is 0.509 e. The van der Waals surface area contributed by atoms with Crippen molar-refractivity contribution in [3.63, 3.8) is 0 Å². The molecular weight excluding hydrogens is 900 g/mol. The summed E-state index contributed by atoms with van der Waals surface area (Å²) in [4.78, 5) is 9.44. The number of hydrogen-bond donors (Lipinski definition) is 0. The first-order valence-corrected chi connectivity index (χ1v) is 19.9. The number of nitrogens with zero attached hydrogens (tertiary/aromatic N) is 4. The fourth-order valence-electron chi connectivity index (χ4n) is 7.84. The molecule has 0 fully saturated rings. The number of ether oxygens (including phenoxy) is 1. The Hall–Kier alpha value is -5.42. The van der Waals surface area contributed by atoms with Crippen LogP contribution in [-0.4, -0.2) is 9.55 Å². The molecule has 3 aromatic heterocycles. The van der Waals surface area contributed by atoms with Crippen LogP contribution in [0.1, 0.15) is 52.7 Å². The van der Waals surface area contributed by atoms with Crippen LogP contribution in [0.4, 0.5) is 22.7 Å². The van der Waals surface area contributed by atoms with Gasteiger partial charge < -0.3 is 19.1 Å². The standard InChI is InChI=1S/C50H41N4OS.Pt/c1-49(2,3)33-24-25-51-45(28-33)54-43-30-37(21-22-40(43)48-47(54)46-39-17-11-10-14-32(39)20-23-44(46)56-48)55-38-27-34(50(4,5)6)26-36(29-38)53-31-52(35-15-8-7-9-16-35)41-18-12-13-19-42(41)53;/h7-28,31H,1-6H3;/q-3;. The van der Waals surface area contributed by atoms with Gasteiger partial charge in [0.25, 0.3) is 0 Å². The number of hydrogen-bond acceptors (Lipinski definition) is 5. The van der Waals surface area contributed by atoms with Crippen molar-refractivity contribution in [2.24, 2.45) is 0 Å². The van der Waals surface area contributed by atoms with Gasteiger partial charge in [0, 0.05) is 70.6 Å². The van der Waals surface area contributed by atoms with Crippen molar-refractivity contribution in [2.45, 2.75) is 52.4 Å². The van der Waals surface area contributed by atoms with Crippen LogP contribution < -0.4 is 14.5 Å². The van der Waals surface area contributed by atoms with Gasteiger partial charge in [-0.05, 0) is 69.6 Å². The molecule has 0 saturated carbocycles. The molecule has 0 amide bonds. The maximum atomic E-state index is 6.83. The molecule has 6 aromatic carbocycles. The third-order valence-corrected chi connectivity index (χ3v) is 12.0. The summed E-state index contributed by atoms with van der Waals surface area (Å²) in [5, 5.41) is 4.81. The molecule has 0 aliphatic carbocycles. The Morgan fingerprint density at radius 1 is 0.649 bits per heavy atom. The smallest absolute Gasteiger partial charge is 0.135 e. The van der Waals surface area contributed by atoms with E-state index in [0.717, 1.165) is 50.6 Å². The van der Waals surface area contributed by atoms with E-state index >= 15 is 0 Å². The van der Waals surface area contributed by atoms with E-state index in [1.165, 1.54) is 31.1 Å². The van der Waals surface area contributed by atoms with Crippen LogP contribution in [0.5, 0.6) is 11.5 Å². The molecule has 10 rings (SSSR count). The van der Waals surface area contributed by atoms with Crippen LogP contribution >= 0.6 is 11.3 Å². The summed E-state index contributed by atoms with van der Waals surface area (Å²) in [6.45, 7) is 15.6. The minimum absolute atomic E-state index is 0. The molecule has 7 heteroatoms. The first-order chi connectivity index (χ1) is 27.0. The Balaban J connectivity index is 0.00000422. The maximum absolute atomic E-state index is 6.83. The molecule has 5 nitrogen and oxygen atoms in total. The molecule has 9 aromatic rings. The Kier molecular flexibility index (Phi) is 9.06. The number of thiophene rings is 1. The van der Waals surface area contributed by atoms with Crippen molar-refractivity contribution in [2.75, 3.05) is 9.80 Å². The summed E-state index contributed by atoms with van der Waals surface area (Å²) in [5.74, 6) is 2.12. The molecule has 0 bridgehead atoms. The molecule has 1 aliphatic heterocycles. The molecule has 1 aliphatic rings. The Morgan fingerprint density at radius 2 is 1.37 bits per heavy atom. The Bertz CT molecular complexity index is 2970. The van der Waals surface area contributed by atoms with Crippen molar-refractivity contribution in [3.8, 4) is 17.3 Å². The second-order valence-corrected chi connectivity index (χ2v) is 17.7. The zero-order valence-electron chi connectivity index (χ0n) is 32.7. The average Bonchev–Trinajstić information content (AvgIpc) is 3.87. The number of pyridine rings is 1. The van der Waals surface area contributed by atoms with Gasteiger partial charge in [0.05, 0.1) is 5.52 Å². The molecule has 4 heterocycles. The number of anilines is 4. The van der Waals surface area contributed by atoms with Crippen LogP contribution in [0.2, 0.25) is 0 Å². The van der Waals surface area contributed by atoms with E-state index in [1.54, 1.807) is 0 Å². The van der Waals surface area contributed by atoms with Crippen LogP contribution in [0, 0.1) is 18.8 Å². The quantitative estimate of drug-likeness (QED) is 0.161. The van der Waals surface area contributed by atoms with Crippen molar-refractivity contribution >= 4 is 76.1 Å². The Morgan fingerprint density at radius 3 is 2.14 bits per heavy atom. The molecule has 0 saturated heterocycles. The fourth-order valence-corrected chi connectivity index (χ4v) is 9.07. The van der Waals surface area contributed by atoms with Crippen molar-refractivity contribution in [1.82, 2.24) is 9.55 Å². The maximum Gasteiger partial charge on any atom is 0.135 e. The summed E-state index contributed by atoms with van der Waals surface area (Å²) in [5.41, 5.74) is 8.48. The third kappa shape index (κ3) is 6.40. The van der Waals surface area contributed by atoms with E-state index in [-0.39, 0.29) is 31.9 Å². The van der Waals surface area contributed by atoms with Crippen LogP contribution in [-0.2, 0) is 31.9 Å². The zero-order valence-corrected chi connectivity index (χ0v) is 35.8. The summed E-state index contributed by atoms with van der Waals surface area (Å²) in [6, 6.07) is 52.4. The van der Waals surface area contributed by atoms with E-state index < -0.39 is 0 Å². The monoisotopic (exact) mass is 940 g/mol. The second kappa shape index (κ2) is 13.9. The second-order valence-electron chi connectivity index (χ2n) is 16.7. The number of para-hydroxylation sites is 3. The number of aromatic nitrogens is 2. The van der Waals surface area contributed by atoms with Gasteiger partial charge in [-0.3, -0.25) is 0 Å². The van der Waals surface area contributed by atoms with Gasteiger partial charge in [-0.2, -0.15) is 6.07 Å². The van der Waals surface area contributed by atoms with Gasteiger partial charge in [-0.15, -0.1) is 59.6 Å². The fraction of sp³-hybridized carbons (Fsp3) is 0.160. The van der Waals surface area contributed by atoms with Gasteiger partial charge in [0.1, 0.15) is 5.82 Å². The topological polar surface area (TPSA) is 33.5 Å². The molecule has 0 N–H and O–H groups in total. The summed E-state index contributed by atoms with van der Waals surface area (Å²) < 4.78 is 11.6. The SMILES string of the molecule is CC(C)(C)c1cc(Oc2[c-]c3c(cc2)c2sc4ccc5ccccc5c4c2n3-c2cc(C(C)(C)C)ccn2)[c-]c(N2[CH-]N(c3ccccc3)c3ccccc32)c1.[Pt]. The van der Waals surface area contributed by atoms with E-state index in [2.05, 4.69) is 190 Å². The molecule has 57 heavy (non-hydrogen) atoms. The van der Waals surface area contributed by atoms with Gasteiger partial charge >= 0.3 is 0 Å². The minimum Gasteiger partial charge on any atom is -0.509 e. The third-order valence-electron chi connectivity index (χ3n) is 10.8. The van der Waals surface area contributed by atoms with E-state index in [0.29, 0.717) is 11.5 Å². The van der Waals surface area contributed by atoms with E-state index in [1.807, 2.05) is 29.7 Å². The molecule has 0 radical (unpaired) electrons. The normalized spacial score (nSPS) is 13.2. The predicted molar refractivity (Wildman–Crippen MR) is 235 cm³/mol. The van der Waals surface area contributed by atoms with Gasteiger partial charge in [-0.1, -0.05) is 113 Å². The number of fused-ring (bicyclic) bond motifs is 8. The molecule has 0 spiro atoms. The van der Waals surface area contributed by atoms with Crippen LogP contribution in [0.15, 0.2) is 134 Å². The summed E-state index contributed by atoms with van der Waals surface area (Å²) >= 11 is 1.83. The molecular formula is C50H41N4OPtS-3. The average molecular weight is 941 g/mol. The number of rotatable bonds is 5. The first kappa shape index (κ1) is 37.2. The molecule has 0 atom stereocenters. The van der Waals surface area contributed by atoms with Gasteiger partial charge in [0.15, 0.2) is 0 Å². The Labute approximate surface area is 352 Å². The van der Waals surface area contributed by atoms with Crippen LogP contribution in [0.25, 0.3) is 47.8 Å². The van der Waals surface area contributed by atoms with Gasteiger partial charge in [-0.25, -0.2) is 4.98 Å². The molecule has 0 unspecified atom stereocenters. The zero-order chi connectivity index (χ0) is 38.3. The van der Waals surface area contributed by atoms with Gasteiger partial charge in [0.2, 0.25) is 0 Å².